The van der Waals surface area contributed by atoms with Gasteiger partial charge in [0, 0.05) is 76.2 Å². The van der Waals surface area contributed by atoms with Crippen LogP contribution in [0.25, 0.3) is 11.0 Å². The van der Waals surface area contributed by atoms with Crippen LogP contribution in [0.5, 0.6) is 5.75 Å². The van der Waals surface area contributed by atoms with E-state index < -0.39 is 0 Å². The van der Waals surface area contributed by atoms with Crippen molar-refractivity contribution in [1.29, 1.82) is 5.26 Å². The van der Waals surface area contributed by atoms with Gasteiger partial charge in [0.2, 0.25) is 0 Å². The number of carbonyl (C=O) groups excluding carboxylic acids is 1. The van der Waals surface area contributed by atoms with Crippen molar-refractivity contribution in [3.05, 3.63) is 86.4 Å². The van der Waals surface area contributed by atoms with E-state index in [1.54, 1.807) is 24.3 Å². The van der Waals surface area contributed by atoms with Crippen molar-refractivity contribution in [2.75, 3.05) is 50.7 Å². The Bertz CT molecular complexity index is 1960. The molecule has 1 aromatic carbocycles. The number of halogens is 1. The first-order valence-corrected chi connectivity index (χ1v) is 18.9. The molecule has 1 aliphatic carbocycles. The molecule has 2 N–H and O–H groups in total. The van der Waals surface area contributed by atoms with Gasteiger partial charge >= 0.3 is 0 Å². The molecule has 1 amide bonds. The zero-order valence-electron chi connectivity index (χ0n) is 29.7. The van der Waals surface area contributed by atoms with E-state index in [9.17, 15) is 9.59 Å². The summed E-state index contributed by atoms with van der Waals surface area (Å²) in [5.41, 5.74) is 4.29. The summed E-state index contributed by atoms with van der Waals surface area (Å²) in [6.07, 6.45) is 8.14. The summed E-state index contributed by atoms with van der Waals surface area (Å²) in [7, 11) is 0. The quantitative estimate of drug-likeness (QED) is 0.231. The average Bonchev–Trinajstić information content (AvgIpc) is 3.16. The first kappa shape index (κ1) is 35.8. The van der Waals surface area contributed by atoms with Crippen LogP contribution < -0.4 is 20.5 Å². The molecule has 3 aromatic heterocycles. The third kappa shape index (κ3) is 8.72. The van der Waals surface area contributed by atoms with Gasteiger partial charge in [0.25, 0.3) is 11.5 Å². The van der Waals surface area contributed by atoms with Gasteiger partial charge in [-0.25, -0.2) is 0 Å². The molecule has 0 unspecified atom stereocenters. The molecule has 7 rings (SSSR count). The molecule has 0 radical (unpaired) electrons. The Morgan fingerprint density at radius 1 is 0.981 bits per heavy atom. The number of piperidine rings is 1. The molecular weight excluding hydrogens is 678 g/mol. The molecule has 3 fully saturated rings. The Hall–Kier alpha value is -4.57. The van der Waals surface area contributed by atoms with E-state index in [4.69, 9.17) is 21.6 Å². The molecular formula is C39H46ClN9O3. The molecule has 272 valence electrons. The number of rotatable bonds is 10. The van der Waals surface area contributed by atoms with E-state index in [-0.39, 0.29) is 23.6 Å². The number of piperazine rings is 1. The standard InChI is InChI=1S/C39H46ClN9O3/c1-2-28-20-35-36(44-38(28)50)19-27(23-42-35)25-48-17-15-47(16-18-48)24-26-11-13-49(14-12-26)37-10-9-34(45-46-37)39(51)43-30-4-7-31(8-5-30)52-32-6-3-29(22-41)33(40)21-32/h3,6,9-10,19-21,23,26,30-31H,2,4-5,7-8,11-18,24-25H2,1H3,(H,43,51)(H,44,50)/t30-,31-. The molecule has 1 saturated carbocycles. The van der Waals surface area contributed by atoms with Crippen molar-refractivity contribution in [2.45, 2.75) is 70.6 Å². The van der Waals surface area contributed by atoms with E-state index in [1.165, 1.54) is 0 Å². The zero-order chi connectivity index (χ0) is 36.0. The highest BCUT2D eigenvalue weighted by molar-refractivity contribution is 6.31. The molecule has 12 nitrogen and oxygen atoms in total. The number of aromatic amines is 1. The summed E-state index contributed by atoms with van der Waals surface area (Å²) in [5, 5.41) is 21.3. The number of H-pyrrole nitrogens is 1. The average molecular weight is 724 g/mol. The topological polar surface area (TPSA) is 143 Å². The lowest BCUT2D eigenvalue weighted by atomic mass is 9.93. The van der Waals surface area contributed by atoms with Crippen LogP contribution in [0.4, 0.5) is 5.82 Å². The fourth-order valence-corrected chi connectivity index (χ4v) is 7.88. The van der Waals surface area contributed by atoms with Crippen LogP contribution in [0.2, 0.25) is 5.02 Å². The number of nitrogens with zero attached hydrogens (tertiary/aromatic N) is 7. The highest BCUT2D eigenvalue weighted by Crippen LogP contribution is 2.28. The number of amides is 1. The fourth-order valence-electron chi connectivity index (χ4n) is 7.67. The second kappa shape index (κ2) is 16.4. The molecule has 13 heteroatoms. The Morgan fingerprint density at radius 3 is 2.44 bits per heavy atom. The van der Waals surface area contributed by atoms with Gasteiger partial charge in [-0.05, 0) is 92.8 Å². The third-order valence-electron chi connectivity index (χ3n) is 10.8. The van der Waals surface area contributed by atoms with Gasteiger partial charge in [-0.2, -0.15) is 5.26 Å². The lowest BCUT2D eigenvalue weighted by Crippen LogP contribution is -2.48. The predicted octanol–water partition coefficient (Wildman–Crippen LogP) is 4.95. The fraction of sp³-hybridized carbons (Fsp3) is 0.487. The van der Waals surface area contributed by atoms with Crippen LogP contribution >= 0.6 is 11.6 Å². The van der Waals surface area contributed by atoms with Crippen molar-refractivity contribution in [3.8, 4) is 11.8 Å². The molecule has 0 spiro atoms. The van der Waals surface area contributed by atoms with Crippen LogP contribution in [0.1, 0.15) is 72.6 Å². The largest absolute Gasteiger partial charge is 0.490 e. The predicted molar refractivity (Wildman–Crippen MR) is 201 cm³/mol. The third-order valence-corrected chi connectivity index (χ3v) is 11.1. The summed E-state index contributed by atoms with van der Waals surface area (Å²) >= 11 is 6.14. The highest BCUT2D eigenvalue weighted by Gasteiger charge is 2.27. The lowest BCUT2D eigenvalue weighted by molar-refractivity contribution is 0.0888. The van der Waals surface area contributed by atoms with Crippen LogP contribution in [-0.4, -0.2) is 93.8 Å². The van der Waals surface area contributed by atoms with Gasteiger partial charge in [0.05, 0.1) is 27.7 Å². The second-order valence-corrected chi connectivity index (χ2v) is 14.8. The molecule has 0 bridgehead atoms. The Balaban J connectivity index is 0.803. The van der Waals surface area contributed by atoms with E-state index in [0.29, 0.717) is 34.4 Å². The number of nitriles is 1. The SMILES string of the molecule is CCc1cc2ncc(CN3CCN(CC4CCN(c5ccc(C(=O)N[C@H]6CC[C@H](Oc7ccc(C#N)c(Cl)c7)CC6)nn5)CC4)CC3)cc2[nH]c1=O. The van der Waals surface area contributed by atoms with Crippen LogP contribution in [0, 0.1) is 17.2 Å². The van der Waals surface area contributed by atoms with Gasteiger partial charge < -0.3 is 24.8 Å². The van der Waals surface area contributed by atoms with E-state index >= 15 is 0 Å². The highest BCUT2D eigenvalue weighted by atomic mass is 35.5. The number of hydrogen-bond donors (Lipinski definition) is 2. The first-order chi connectivity index (χ1) is 25.3. The summed E-state index contributed by atoms with van der Waals surface area (Å²) in [6, 6.07) is 14.9. The molecule has 0 atom stereocenters. The number of benzene rings is 1. The smallest absolute Gasteiger partial charge is 0.272 e. The van der Waals surface area contributed by atoms with Crippen molar-refractivity contribution >= 4 is 34.4 Å². The summed E-state index contributed by atoms with van der Waals surface area (Å²) in [5.74, 6) is 1.93. The summed E-state index contributed by atoms with van der Waals surface area (Å²) < 4.78 is 6.08. The van der Waals surface area contributed by atoms with E-state index in [1.807, 2.05) is 25.3 Å². The summed E-state index contributed by atoms with van der Waals surface area (Å²) in [4.78, 5) is 40.2. The number of anilines is 1. The van der Waals surface area contributed by atoms with Gasteiger partial charge in [0.15, 0.2) is 11.5 Å². The van der Waals surface area contributed by atoms with E-state index in [2.05, 4.69) is 52.3 Å². The summed E-state index contributed by atoms with van der Waals surface area (Å²) in [6.45, 7) is 9.94. The van der Waals surface area contributed by atoms with Gasteiger partial charge in [-0.3, -0.25) is 19.5 Å². The Labute approximate surface area is 309 Å². The van der Waals surface area contributed by atoms with Crippen LogP contribution in [-0.2, 0) is 13.0 Å². The molecule has 52 heavy (non-hydrogen) atoms. The number of hydrogen-bond acceptors (Lipinski definition) is 10. The number of ether oxygens (including phenoxy) is 1. The van der Waals surface area contributed by atoms with Gasteiger partial charge in [-0.15, -0.1) is 10.2 Å². The maximum Gasteiger partial charge on any atom is 0.272 e. The molecule has 2 saturated heterocycles. The maximum atomic E-state index is 13.0. The molecule has 4 aromatic rings. The normalized spacial score (nSPS) is 20.4. The number of aryl methyl sites for hydroxylation is 1. The van der Waals surface area contributed by atoms with Crippen molar-refractivity contribution in [3.63, 3.8) is 0 Å². The van der Waals surface area contributed by atoms with Crippen LogP contribution in [0.15, 0.2) is 53.5 Å². The van der Waals surface area contributed by atoms with Crippen molar-refractivity contribution < 1.29 is 9.53 Å². The second-order valence-electron chi connectivity index (χ2n) is 14.4. The zero-order valence-corrected chi connectivity index (χ0v) is 30.4. The van der Waals surface area contributed by atoms with E-state index in [0.717, 1.165) is 119 Å². The number of fused-ring (bicyclic) bond motifs is 1. The minimum absolute atomic E-state index is 0.0223. The molecule has 2 aliphatic heterocycles. The minimum atomic E-state index is -0.197. The van der Waals surface area contributed by atoms with Crippen molar-refractivity contribution in [2.24, 2.45) is 5.92 Å². The maximum absolute atomic E-state index is 13.0. The molecule has 3 aliphatic rings. The number of aromatic nitrogens is 4. The Morgan fingerprint density at radius 2 is 1.75 bits per heavy atom. The number of pyridine rings is 2. The van der Waals surface area contributed by atoms with Gasteiger partial charge in [0.1, 0.15) is 11.8 Å². The monoisotopic (exact) mass is 723 g/mol. The lowest BCUT2D eigenvalue weighted by Gasteiger charge is -2.39. The van der Waals surface area contributed by atoms with Crippen molar-refractivity contribution in [1.82, 2.24) is 35.3 Å². The van der Waals surface area contributed by atoms with Gasteiger partial charge in [-0.1, -0.05) is 18.5 Å². The number of nitrogens with one attached hydrogen (secondary N) is 2. The number of carbonyl (C=O) groups is 1. The van der Waals surface area contributed by atoms with Crippen LogP contribution in [0.3, 0.4) is 0 Å². The molecule has 5 heterocycles. The minimum Gasteiger partial charge on any atom is -0.490 e. The first-order valence-electron chi connectivity index (χ1n) is 18.5. The Kier molecular flexibility index (Phi) is 11.3.